The van der Waals surface area contributed by atoms with Gasteiger partial charge in [-0.05, 0) is 31.7 Å². The van der Waals surface area contributed by atoms with Gasteiger partial charge in [0.25, 0.3) is 0 Å². The molecule has 0 saturated heterocycles. The van der Waals surface area contributed by atoms with Crippen molar-refractivity contribution in [3.63, 3.8) is 0 Å². The van der Waals surface area contributed by atoms with E-state index in [2.05, 4.69) is 4.98 Å². The maximum Gasteiger partial charge on any atom is 0.0959 e. The van der Waals surface area contributed by atoms with Crippen molar-refractivity contribution in [1.82, 2.24) is 4.98 Å². The molecule has 0 aliphatic heterocycles. The zero-order valence-corrected chi connectivity index (χ0v) is 8.35. The Balaban J connectivity index is 3.03. The van der Waals surface area contributed by atoms with Crippen LogP contribution in [0.4, 0.5) is 0 Å². The lowest BCUT2D eigenvalue weighted by Crippen LogP contribution is -1.96. The average molecular weight is 183 g/mol. The van der Waals surface area contributed by atoms with Gasteiger partial charge in [0.05, 0.1) is 11.1 Å². The number of thioether (sulfide) groups is 1. The van der Waals surface area contributed by atoms with Gasteiger partial charge < -0.3 is 5.11 Å². The molecular formula is C9H13NOS. The Morgan fingerprint density at radius 2 is 2.25 bits per heavy atom. The number of pyridine rings is 1. The monoisotopic (exact) mass is 183 g/mol. The molecule has 1 unspecified atom stereocenters. The number of hydrogen-bond donors (Lipinski definition) is 1. The summed E-state index contributed by atoms with van der Waals surface area (Å²) in [6, 6.07) is 1.99. The zero-order valence-electron chi connectivity index (χ0n) is 7.53. The molecule has 2 nitrogen and oxygen atoms in total. The molecule has 3 heteroatoms. The number of aromatic nitrogens is 1. The van der Waals surface area contributed by atoms with Gasteiger partial charge >= 0.3 is 0 Å². The number of aryl methyl sites for hydroxylation is 1. The fraction of sp³-hybridized carbons (Fsp3) is 0.444. The Bertz CT molecular complexity index is 273. The Morgan fingerprint density at radius 1 is 1.58 bits per heavy atom. The van der Waals surface area contributed by atoms with Crippen molar-refractivity contribution < 1.29 is 5.11 Å². The van der Waals surface area contributed by atoms with Gasteiger partial charge in [0.15, 0.2) is 0 Å². The third kappa shape index (κ3) is 1.99. The summed E-state index contributed by atoms with van der Waals surface area (Å²) in [5.41, 5.74) is 2.01. The van der Waals surface area contributed by atoms with Crippen LogP contribution in [0.3, 0.4) is 0 Å². The topological polar surface area (TPSA) is 33.1 Å². The SMILES string of the molecule is CSc1cc(C)c(C(C)O)cn1. The fourth-order valence-corrected chi connectivity index (χ4v) is 1.54. The second-order valence-electron chi connectivity index (χ2n) is 2.76. The van der Waals surface area contributed by atoms with Crippen LogP contribution in [0.25, 0.3) is 0 Å². The Labute approximate surface area is 77.0 Å². The first-order chi connectivity index (χ1) is 5.65. The highest BCUT2D eigenvalue weighted by Gasteiger charge is 2.05. The molecule has 1 atom stereocenters. The van der Waals surface area contributed by atoms with Crippen LogP contribution in [0.15, 0.2) is 17.3 Å². The van der Waals surface area contributed by atoms with Gasteiger partial charge in [-0.3, -0.25) is 0 Å². The van der Waals surface area contributed by atoms with E-state index >= 15 is 0 Å². The number of nitrogens with zero attached hydrogens (tertiary/aromatic N) is 1. The third-order valence-electron chi connectivity index (χ3n) is 1.79. The second-order valence-corrected chi connectivity index (χ2v) is 3.59. The lowest BCUT2D eigenvalue weighted by atomic mass is 10.1. The maximum absolute atomic E-state index is 9.32. The molecule has 0 amide bonds. The van der Waals surface area contributed by atoms with Crippen molar-refractivity contribution in [2.75, 3.05) is 6.26 Å². The van der Waals surface area contributed by atoms with Crippen molar-refractivity contribution in [2.45, 2.75) is 25.0 Å². The van der Waals surface area contributed by atoms with Crippen LogP contribution in [0.2, 0.25) is 0 Å². The van der Waals surface area contributed by atoms with Gasteiger partial charge in [-0.15, -0.1) is 11.8 Å². The van der Waals surface area contributed by atoms with Crippen LogP contribution in [-0.4, -0.2) is 16.3 Å². The Kier molecular flexibility index (Phi) is 3.12. The van der Waals surface area contributed by atoms with Crippen molar-refractivity contribution >= 4 is 11.8 Å². The molecular weight excluding hydrogens is 170 g/mol. The molecule has 1 aromatic rings. The van der Waals surface area contributed by atoms with E-state index in [0.29, 0.717) is 0 Å². The van der Waals surface area contributed by atoms with Crippen LogP contribution >= 0.6 is 11.8 Å². The van der Waals surface area contributed by atoms with Crippen molar-refractivity contribution in [3.8, 4) is 0 Å². The minimum atomic E-state index is -0.423. The first-order valence-corrected chi connectivity index (χ1v) is 5.06. The molecule has 0 saturated carbocycles. The molecule has 0 aliphatic carbocycles. The summed E-state index contributed by atoms with van der Waals surface area (Å²) in [7, 11) is 0. The molecule has 0 aliphatic rings. The molecule has 1 rings (SSSR count). The lowest BCUT2D eigenvalue weighted by Gasteiger charge is -2.08. The first kappa shape index (κ1) is 9.55. The maximum atomic E-state index is 9.32. The molecule has 0 radical (unpaired) electrons. The van der Waals surface area contributed by atoms with Crippen LogP contribution < -0.4 is 0 Å². The van der Waals surface area contributed by atoms with Crippen LogP contribution in [0.1, 0.15) is 24.2 Å². The van der Waals surface area contributed by atoms with E-state index in [-0.39, 0.29) is 0 Å². The number of rotatable bonds is 2. The number of hydrogen-bond acceptors (Lipinski definition) is 3. The lowest BCUT2D eigenvalue weighted by molar-refractivity contribution is 0.198. The van der Waals surface area contributed by atoms with Gasteiger partial charge in [-0.2, -0.15) is 0 Å². The summed E-state index contributed by atoms with van der Waals surface area (Å²) in [4.78, 5) is 4.18. The number of aliphatic hydroxyl groups is 1. The Hall–Kier alpha value is -0.540. The highest BCUT2D eigenvalue weighted by atomic mass is 32.2. The van der Waals surface area contributed by atoms with E-state index in [9.17, 15) is 5.11 Å². The quantitative estimate of drug-likeness (QED) is 0.713. The van der Waals surface area contributed by atoms with Gasteiger partial charge in [0.2, 0.25) is 0 Å². The fourth-order valence-electron chi connectivity index (χ4n) is 1.09. The summed E-state index contributed by atoms with van der Waals surface area (Å²) in [6.07, 6.45) is 3.31. The summed E-state index contributed by atoms with van der Waals surface area (Å²) >= 11 is 1.61. The Morgan fingerprint density at radius 3 is 2.67 bits per heavy atom. The van der Waals surface area contributed by atoms with Gasteiger partial charge in [0, 0.05) is 11.8 Å². The van der Waals surface area contributed by atoms with E-state index in [4.69, 9.17) is 0 Å². The van der Waals surface area contributed by atoms with Gasteiger partial charge in [0.1, 0.15) is 0 Å². The van der Waals surface area contributed by atoms with Crippen molar-refractivity contribution in [2.24, 2.45) is 0 Å². The zero-order chi connectivity index (χ0) is 9.14. The van der Waals surface area contributed by atoms with Gasteiger partial charge in [-0.25, -0.2) is 4.98 Å². The number of aliphatic hydroxyl groups excluding tert-OH is 1. The molecule has 12 heavy (non-hydrogen) atoms. The van der Waals surface area contributed by atoms with Crippen LogP contribution in [0, 0.1) is 6.92 Å². The van der Waals surface area contributed by atoms with Crippen molar-refractivity contribution in [1.29, 1.82) is 0 Å². The minimum Gasteiger partial charge on any atom is -0.389 e. The molecule has 0 bridgehead atoms. The molecule has 66 valence electrons. The summed E-state index contributed by atoms with van der Waals surface area (Å²) in [5.74, 6) is 0. The highest BCUT2D eigenvalue weighted by Crippen LogP contribution is 2.20. The molecule has 1 heterocycles. The first-order valence-electron chi connectivity index (χ1n) is 3.83. The molecule has 0 aromatic carbocycles. The predicted molar refractivity (Wildman–Crippen MR) is 51.4 cm³/mol. The third-order valence-corrected chi connectivity index (χ3v) is 2.43. The van der Waals surface area contributed by atoms with Crippen LogP contribution in [0.5, 0.6) is 0 Å². The van der Waals surface area contributed by atoms with Crippen LogP contribution in [-0.2, 0) is 0 Å². The van der Waals surface area contributed by atoms with Gasteiger partial charge in [-0.1, -0.05) is 0 Å². The normalized spacial score (nSPS) is 13.0. The highest BCUT2D eigenvalue weighted by molar-refractivity contribution is 7.98. The van der Waals surface area contributed by atoms with E-state index in [1.807, 2.05) is 19.2 Å². The van der Waals surface area contributed by atoms with E-state index in [0.717, 1.165) is 16.2 Å². The minimum absolute atomic E-state index is 0.423. The molecule has 1 N–H and O–H groups in total. The van der Waals surface area contributed by atoms with Crippen molar-refractivity contribution in [3.05, 3.63) is 23.4 Å². The van der Waals surface area contributed by atoms with E-state index in [1.165, 1.54) is 0 Å². The second kappa shape index (κ2) is 3.92. The largest absolute Gasteiger partial charge is 0.389 e. The van der Waals surface area contributed by atoms with E-state index in [1.54, 1.807) is 24.9 Å². The summed E-state index contributed by atoms with van der Waals surface area (Å²) < 4.78 is 0. The average Bonchev–Trinajstić information content (AvgIpc) is 2.03. The summed E-state index contributed by atoms with van der Waals surface area (Å²) in [5, 5.41) is 10.3. The summed E-state index contributed by atoms with van der Waals surface area (Å²) in [6.45, 7) is 3.74. The van der Waals surface area contributed by atoms with E-state index < -0.39 is 6.10 Å². The standard InChI is InChI=1S/C9H13NOS/c1-6-4-9(12-3)10-5-8(6)7(2)11/h4-5,7,11H,1-3H3. The predicted octanol–water partition coefficient (Wildman–Crippen LogP) is 2.17. The molecule has 1 aromatic heterocycles. The molecule has 0 spiro atoms. The molecule has 0 fully saturated rings. The smallest absolute Gasteiger partial charge is 0.0959 e.